The van der Waals surface area contributed by atoms with Gasteiger partial charge in [0.1, 0.15) is 5.69 Å². The Balaban J connectivity index is 2.67. The summed E-state index contributed by atoms with van der Waals surface area (Å²) in [6.45, 7) is 1.97. The Morgan fingerprint density at radius 2 is 1.94 bits per heavy atom. The predicted octanol–water partition coefficient (Wildman–Crippen LogP) is 3.79. The Morgan fingerprint density at radius 3 is 2.50 bits per heavy atom. The van der Waals surface area contributed by atoms with E-state index < -0.39 is 0 Å². The van der Waals surface area contributed by atoms with Crippen molar-refractivity contribution in [2.24, 2.45) is 0 Å². The molecule has 2 aromatic rings. The number of hydrogen-bond donors (Lipinski definition) is 1. The molecule has 3 nitrogen and oxygen atoms in total. The highest BCUT2D eigenvalue weighted by atomic mass is 35.5. The first-order chi connectivity index (χ1) is 7.65. The maximum absolute atomic E-state index is 6.10. The first-order valence-electron chi connectivity index (χ1n) is 4.83. The zero-order chi connectivity index (χ0) is 11.7. The van der Waals surface area contributed by atoms with Crippen LogP contribution in [0, 0.1) is 0 Å². The molecular weight excluding hydrogens is 247 g/mol. The minimum absolute atomic E-state index is 0.313. The summed E-state index contributed by atoms with van der Waals surface area (Å²) in [7, 11) is 0. The maximum atomic E-state index is 6.10. The second-order valence-electron chi connectivity index (χ2n) is 3.32. The number of nitrogens with zero attached hydrogens (tertiary/aromatic N) is 1. The van der Waals surface area contributed by atoms with E-state index in [9.17, 15) is 0 Å². The minimum atomic E-state index is 0.313. The van der Waals surface area contributed by atoms with Crippen molar-refractivity contribution in [1.29, 1.82) is 0 Å². The van der Waals surface area contributed by atoms with Gasteiger partial charge in [-0.1, -0.05) is 41.3 Å². The summed E-state index contributed by atoms with van der Waals surface area (Å²) < 4.78 is 4.96. The number of hydrogen-bond acceptors (Lipinski definition) is 3. The molecule has 5 heteroatoms. The van der Waals surface area contributed by atoms with Gasteiger partial charge in [0.25, 0.3) is 0 Å². The van der Waals surface area contributed by atoms with Gasteiger partial charge in [0, 0.05) is 11.1 Å². The quantitative estimate of drug-likeness (QED) is 0.890. The van der Waals surface area contributed by atoms with E-state index in [0.717, 1.165) is 5.56 Å². The molecule has 2 rings (SSSR count). The molecule has 0 atom stereocenters. The van der Waals surface area contributed by atoms with Crippen LogP contribution in [0.5, 0.6) is 0 Å². The molecule has 0 radical (unpaired) electrons. The van der Waals surface area contributed by atoms with Crippen molar-refractivity contribution >= 4 is 29.1 Å². The third-order valence-corrected chi connectivity index (χ3v) is 3.00. The SMILES string of the molecule is CCc1c(-c2c(Cl)cccc2Cl)noc1N. The van der Waals surface area contributed by atoms with Gasteiger partial charge in [0.05, 0.1) is 10.0 Å². The van der Waals surface area contributed by atoms with Crippen LogP contribution in [0.3, 0.4) is 0 Å². The average Bonchev–Trinajstić information content (AvgIpc) is 2.59. The largest absolute Gasteiger partial charge is 0.367 e. The zero-order valence-corrected chi connectivity index (χ0v) is 10.1. The van der Waals surface area contributed by atoms with Gasteiger partial charge in [-0.25, -0.2) is 0 Å². The number of halogens is 2. The Hall–Kier alpha value is -1.19. The van der Waals surface area contributed by atoms with E-state index in [1.165, 1.54) is 0 Å². The van der Waals surface area contributed by atoms with E-state index >= 15 is 0 Å². The van der Waals surface area contributed by atoms with Gasteiger partial charge in [0.2, 0.25) is 5.88 Å². The smallest absolute Gasteiger partial charge is 0.225 e. The molecule has 0 aliphatic heterocycles. The molecule has 0 aliphatic rings. The second-order valence-corrected chi connectivity index (χ2v) is 4.14. The number of benzene rings is 1. The fourth-order valence-corrected chi connectivity index (χ4v) is 2.16. The highest BCUT2D eigenvalue weighted by Gasteiger charge is 2.18. The monoisotopic (exact) mass is 256 g/mol. The lowest BCUT2D eigenvalue weighted by atomic mass is 10.1. The van der Waals surface area contributed by atoms with E-state index in [0.29, 0.717) is 33.6 Å². The topological polar surface area (TPSA) is 52.0 Å². The van der Waals surface area contributed by atoms with Crippen molar-refractivity contribution in [3.05, 3.63) is 33.8 Å². The lowest BCUT2D eigenvalue weighted by molar-refractivity contribution is 0.438. The van der Waals surface area contributed by atoms with Crippen molar-refractivity contribution in [2.75, 3.05) is 5.73 Å². The summed E-state index contributed by atoms with van der Waals surface area (Å²) >= 11 is 12.2. The number of anilines is 1. The van der Waals surface area contributed by atoms with E-state index in [-0.39, 0.29) is 0 Å². The Morgan fingerprint density at radius 1 is 1.31 bits per heavy atom. The van der Waals surface area contributed by atoms with Crippen LogP contribution in [0.1, 0.15) is 12.5 Å². The normalized spacial score (nSPS) is 10.7. The molecule has 16 heavy (non-hydrogen) atoms. The predicted molar refractivity (Wildman–Crippen MR) is 65.7 cm³/mol. The van der Waals surface area contributed by atoms with Gasteiger partial charge in [-0.15, -0.1) is 0 Å². The highest BCUT2D eigenvalue weighted by molar-refractivity contribution is 6.39. The van der Waals surface area contributed by atoms with Crippen molar-refractivity contribution in [2.45, 2.75) is 13.3 Å². The fraction of sp³-hybridized carbons (Fsp3) is 0.182. The van der Waals surface area contributed by atoms with E-state index in [1.807, 2.05) is 6.92 Å². The van der Waals surface area contributed by atoms with Crippen LogP contribution >= 0.6 is 23.2 Å². The molecule has 84 valence electrons. The molecule has 0 bridgehead atoms. The summed E-state index contributed by atoms with van der Waals surface area (Å²) in [6.07, 6.45) is 0.715. The standard InChI is InChI=1S/C11H10Cl2N2O/c1-2-6-10(15-16-11(6)14)9-7(12)4-3-5-8(9)13/h3-5H,2,14H2,1H3. The third kappa shape index (κ3) is 1.77. The van der Waals surface area contributed by atoms with Crippen LogP contribution in [0.25, 0.3) is 11.3 Å². The molecule has 2 N–H and O–H groups in total. The van der Waals surface area contributed by atoms with Crippen LogP contribution in [0.2, 0.25) is 10.0 Å². The molecule has 0 spiro atoms. The van der Waals surface area contributed by atoms with Gasteiger partial charge in [-0.2, -0.15) is 0 Å². The molecule has 0 saturated carbocycles. The minimum Gasteiger partial charge on any atom is -0.367 e. The summed E-state index contributed by atoms with van der Waals surface area (Å²) in [5.41, 5.74) is 7.79. The maximum Gasteiger partial charge on any atom is 0.225 e. The van der Waals surface area contributed by atoms with Crippen LogP contribution in [0.15, 0.2) is 22.7 Å². The number of nitrogen functional groups attached to an aromatic ring is 1. The van der Waals surface area contributed by atoms with E-state index in [1.54, 1.807) is 18.2 Å². The molecule has 1 heterocycles. The number of nitrogens with two attached hydrogens (primary N) is 1. The van der Waals surface area contributed by atoms with E-state index in [4.69, 9.17) is 33.5 Å². The van der Waals surface area contributed by atoms with Crippen LogP contribution in [-0.4, -0.2) is 5.16 Å². The van der Waals surface area contributed by atoms with Crippen molar-refractivity contribution in [3.63, 3.8) is 0 Å². The molecule has 1 aromatic carbocycles. The summed E-state index contributed by atoms with van der Waals surface area (Å²) in [6, 6.07) is 5.30. The number of rotatable bonds is 2. The lowest BCUT2D eigenvalue weighted by Crippen LogP contribution is -1.91. The summed E-state index contributed by atoms with van der Waals surface area (Å²) in [4.78, 5) is 0. The third-order valence-electron chi connectivity index (χ3n) is 2.37. The Kier molecular flexibility index (Phi) is 3.08. The van der Waals surface area contributed by atoms with Crippen LogP contribution in [0.4, 0.5) is 5.88 Å². The van der Waals surface area contributed by atoms with Gasteiger partial charge in [-0.3, -0.25) is 0 Å². The Bertz CT molecular complexity index is 502. The first kappa shape index (κ1) is 11.3. The molecule has 0 fully saturated rings. The van der Waals surface area contributed by atoms with Gasteiger partial charge >= 0.3 is 0 Å². The van der Waals surface area contributed by atoms with Gasteiger partial charge < -0.3 is 10.3 Å². The fourth-order valence-electron chi connectivity index (χ4n) is 1.58. The Labute approximate surface area is 103 Å². The van der Waals surface area contributed by atoms with Crippen molar-refractivity contribution < 1.29 is 4.52 Å². The summed E-state index contributed by atoms with van der Waals surface area (Å²) in [5.74, 6) is 0.313. The van der Waals surface area contributed by atoms with Gasteiger partial charge in [-0.05, 0) is 18.6 Å². The molecule has 0 saturated heterocycles. The highest BCUT2D eigenvalue weighted by Crippen LogP contribution is 2.37. The molecule has 1 aromatic heterocycles. The molecule has 0 unspecified atom stereocenters. The molecular formula is C11H10Cl2N2O. The zero-order valence-electron chi connectivity index (χ0n) is 8.63. The van der Waals surface area contributed by atoms with Crippen LogP contribution in [-0.2, 0) is 6.42 Å². The van der Waals surface area contributed by atoms with Crippen LogP contribution < -0.4 is 5.73 Å². The van der Waals surface area contributed by atoms with E-state index in [2.05, 4.69) is 5.16 Å². The summed E-state index contributed by atoms with van der Waals surface area (Å²) in [5, 5.41) is 4.98. The molecule has 0 amide bonds. The average molecular weight is 257 g/mol. The van der Waals surface area contributed by atoms with Gasteiger partial charge in [0.15, 0.2) is 0 Å². The van der Waals surface area contributed by atoms with Crippen molar-refractivity contribution in [3.8, 4) is 11.3 Å². The first-order valence-corrected chi connectivity index (χ1v) is 5.59. The van der Waals surface area contributed by atoms with Crippen molar-refractivity contribution in [1.82, 2.24) is 5.16 Å². The lowest BCUT2D eigenvalue weighted by Gasteiger charge is -2.04. The second kappa shape index (κ2) is 4.36. The number of aromatic nitrogens is 1. The molecule has 0 aliphatic carbocycles.